The molecule has 0 aromatic heterocycles. The second-order valence-electron chi connectivity index (χ2n) is 6.79. The van der Waals surface area contributed by atoms with Crippen molar-refractivity contribution >= 4 is 38.9 Å². The zero-order valence-corrected chi connectivity index (χ0v) is 17.6. The van der Waals surface area contributed by atoms with Gasteiger partial charge in [-0.2, -0.15) is 0 Å². The van der Waals surface area contributed by atoms with E-state index in [0.29, 0.717) is 16.4 Å². The fraction of sp³-hybridized carbons (Fsp3) is 0.136. The zero-order chi connectivity index (χ0) is 21.0. The molecule has 3 aromatic carbocycles. The number of carbonyl (C=O) groups is 1. The van der Waals surface area contributed by atoms with Crippen LogP contribution in [0.25, 0.3) is 0 Å². The molecule has 150 valence electrons. The summed E-state index contributed by atoms with van der Waals surface area (Å²) in [6, 6.07) is 18.4. The minimum Gasteiger partial charge on any atom is -0.326 e. The molecular weight excluding hydrogens is 408 g/mol. The van der Waals surface area contributed by atoms with E-state index in [4.69, 9.17) is 11.6 Å². The van der Waals surface area contributed by atoms with Crippen molar-refractivity contribution in [3.63, 3.8) is 0 Å². The SMILES string of the molecule is Cc1ccc(C)c(CC(=O)Nc2ccc(S(=O)(=O)Nc3ccc(Cl)cc3)cc2)c1. The summed E-state index contributed by atoms with van der Waals surface area (Å²) in [5.41, 5.74) is 4.07. The quantitative estimate of drug-likeness (QED) is 0.584. The Bertz CT molecular complexity index is 1130. The monoisotopic (exact) mass is 428 g/mol. The lowest BCUT2D eigenvalue weighted by Crippen LogP contribution is -2.16. The van der Waals surface area contributed by atoms with E-state index in [9.17, 15) is 13.2 Å². The Kier molecular flexibility index (Phi) is 6.25. The zero-order valence-electron chi connectivity index (χ0n) is 16.1. The van der Waals surface area contributed by atoms with Gasteiger partial charge < -0.3 is 5.32 Å². The number of hydrogen-bond donors (Lipinski definition) is 2. The van der Waals surface area contributed by atoms with Gasteiger partial charge in [0, 0.05) is 16.4 Å². The molecule has 7 heteroatoms. The molecule has 0 unspecified atom stereocenters. The van der Waals surface area contributed by atoms with Crippen LogP contribution in [0.3, 0.4) is 0 Å². The average molecular weight is 429 g/mol. The van der Waals surface area contributed by atoms with Gasteiger partial charge >= 0.3 is 0 Å². The van der Waals surface area contributed by atoms with E-state index in [1.165, 1.54) is 12.1 Å². The Balaban J connectivity index is 1.67. The summed E-state index contributed by atoms with van der Waals surface area (Å²) in [4.78, 5) is 12.4. The highest BCUT2D eigenvalue weighted by atomic mass is 35.5. The third kappa shape index (κ3) is 5.59. The number of nitrogens with one attached hydrogen (secondary N) is 2. The van der Waals surface area contributed by atoms with E-state index in [2.05, 4.69) is 10.0 Å². The first-order chi connectivity index (χ1) is 13.7. The molecule has 3 aromatic rings. The summed E-state index contributed by atoms with van der Waals surface area (Å²) < 4.78 is 27.5. The van der Waals surface area contributed by atoms with Crippen LogP contribution >= 0.6 is 11.6 Å². The molecule has 5 nitrogen and oxygen atoms in total. The van der Waals surface area contributed by atoms with Gasteiger partial charge in [-0.05, 0) is 73.5 Å². The molecule has 0 aliphatic rings. The number of halogens is 1. The van der Waals surface area contributed by atoms with Crippen LogP contribution < -0.4 is 10.0 Å². The maximum absolute atomic E-state index is 12.5. The molecule has 0 saturated heterocycles. The topological polar surface area (TPSA) is 75.3 Å². The number of rotatable bonds is 6. The minimum absolute atomic E-state index is 0.0972. The van der Waals surface area contributed by atoms with Crippen molar-refractivity contribution < 1.29 is 13.2 Å². The predicted molar refractivity (Wildman–Crippen MR) is 117 cm³/mol. The lowest BCUT2D eigenvalue weighted by atomic mass is 10.0. The number of amides is 1. The molecule has 0 bridgehead atoms. The Morgan fingerprint density at radius 1 is 0.897 bits per heavy atom. The molecule has 0 aliphatic carbocycles. The van der Waals surface area contributed by atoms with Crippen molar-refractivity contribution in [1.82, 2.24) is 0 Å². The van der Waals surface area contributed by atoms with Gasteiger partial charge in [0.15, 0.2) is 0 Å². The molecule has 2 N–H and O–H groups in total. The van der Waals surface area contributed by atoms with Crippen LogP contribution in [-0.4, -0.2) is 14.3 Å². The molecule has 3 rings (SSSR count). The second kappa shape index (κ2) is 8.68. The predicted octanol–water partition coefficient (Wildman–Crippen LogP) is 4.94. The number of aryl methyl sites for hydroxylation is 2. The minimum atomic E-state index is -3.74. The van der Waals surface area contributed by atoms with Crippen LogP contribution in [0.2, 0.25) is 5.02 Å². The van der Waals surface area contributed by atoms with Crippen molar-refractivity contribution in [2.75, 3.05) is 10.0 Å². The molecule has 0 fully saturated rings. The van der Waals surface area contributed by atoms with Gasteiger partial charge in [0.05, 0.1) is 11.3 Å². The van der Waals surface area contributed by atoms with Gasteiger partial charge in [-0.3, -0.25) is 9.52 Å². The van der Waals surface area contributed by atoms with Gasteiger partial charge in [0.25, 0.3) is 10.0 Å². The maximum Gasteiger partial charge on any atom is 0.261 e. The van der Waals surface area contributed by atoms with E-state index < -0.39 is 10.0 Å². The summed E-state index contributed by atoms with van der Waals surface area (Å²) in [5.74, 6) is -0.159. The van der Waals surface area contributed by atoms with Crippen LogP contribution in [0, 0.1) is 13.8 Å². The third-order valence-corrected chi connectivity index (χ3v) is 6.05. The van der Waals surface area contributed by atoms with Crippen molar-refractivity contribution in [1.29, 1.82) is 0 Å². The van der Waals surface area contributed by atoms with Crippen LogP contribution in [-0.2, 0) is 21.2 Å². The lowest BCUT2D eigenvalue weighted by molar-refractivity contribution is -0.115. The Labute approximate surface area is 175 Å². The highest BCUT2D eigenvalue weighted by Gasteiger charge is 2.14. The van der Waals surface area contributed by atoms with Gasteiger partial charge in [-0.1, -0.05) is 35.4 Å². The molecule has 0 spiro atoms. The van der Waals surface area contributed by atoms with Crippen molar-refractivity contribution in [2.45, 2.75) is 25.2 Å². The Morgan fingerprint density at radius 2 is 1.52 bits per heavy atom. The summed E-state index contributed by atoms with van der Waals surface area (Å²) in [6.07, 6.45) is 0.256. The van der Waals surface area contributed by atoms with Crippen molar-refractivity contribution in [3.8, 4) is 0 Å². The third-order valence-electron chi connectivity index (χ3n) is 4.40. The van der Waals surface area contributed by atoms with Crippen LogP contribution in [0.4, 0.5) is 11.4 Å². The molecule has 29 heavy (non-hydrogen) atoms. The molecule has 0 atom stereocenters. The van der Waals surface area contributed by atoms with Crippen molar-refractivity contribution in [3.05, 3.63) is 88.4 Å². The largest absolute Gasteiger partial charge is 0.326 e. The first-order valence-corrected chi connectivity index (χ1v) is 10.8. The molecule has 1 amide bonds. The average Bonchev–Trinajstić information content (AvgIpc) is 2.67. The van der Waals surface area contributed by atoms with Gasteiger partial charge in [-0.15, -0.1) is 0 Å². The van der Waals surface area contributed by atoms with Crippen LogP contribution in [0.15, 0.2) is 71.6 Å². The van der Waals surface area contributed by atoms with Gasteiger partial charge in [-0.25, -0.2) is 8.42 Å². The number of benzene rings is 3. The molecular formula is C22H21ClN2O3S. The van der Waals surface area contributed by atoms with Gasteiger partial charge in [0.2, 0.25) is 5.91 Å². The van der Waals surface area contributed by atoms with E-state index >= 15 is 0 Å². The molecule has 0 saturated carbocycles. The first-order valence-electron chi connectivity index (χ1n) is 8.97. The van der Waals surface area contributed by atoms with Gasteiger partial charge in [0.1, 0.15) is 0 Å². The van der Waals surface area contributed by atoms with E-state index in [-0.39, 0.29) is 17.2 Å². The lowest BCUT2D eigenvalue weighted by Gasteiger charge is -2.10. The fourth-order valence-corrected chi connectivity index (χ4v) is 4.00. The Morgan fingerprint density at radius 3 is 2.17 bits per heavy atom. The van der Waals surface area contributed by atoms with E-state index in [1.54, 1.807) is 36.4 Å². The fourth-order valence-electron chi connectivity index (χ4n) is 2.82. The molecule has 0 radical (unpaired) electrons. The summed E-state index contributed by atoms with van der Waals surface area (Å²) in [7, 11) is -3.74. The Hall–Kier alpha value is -2.83. The van der Waals surface area contributed by atoms with Crippen LogP contribution in [0.5, 0.6) is 0 Å². The second-order valence-corrected chi connectivity index (χ2v) is 8.91. The molecule has 0 heterocycles. The maximum atomic E-state index is 12.5. The van der Waals surface area contributed by atoms with E-state index in [1.807, 2.05) is 32.0 Å². The number of carbonyl (C=O) groups excluding carboxylic acids is 1. The summed E-state index contributed by atoms with van der Waals surface area (Å²) in [6.45, 7) is 3.95. The smallest absolute Gasteiger partial charge is 0.261 e. The van der Waals surface area contributed by atoms with Crippen LogP contribution in [0.1, 0.15) is 16.7 Å². The van der Waals surface area contributed by atoms with E-state index in [0.717, 1.165) is 16.7 Å². The molecule has 0 aliphatic heterocycles. The first kappa shape index (κ1) is 20.9. The normalized spacial score (nSPS) is 11.1. The highest BCUT2D eigenvalue weighted by molar-refractivity contribution is 7.92. The number of sulfonamides is 1. The van der Waals surface area contributed by atoms with Crippen molar-refractivity contribution in [2.24, 2.45) is 0 Å². The number of hydrogen-bond acceptors (Lipinski definition) is 3. The number of anilines is 2. The summed E-state index contributed by atoms with van der Waals surface area (Å²) in [5, 5.41) is 3.32. The highest BCUT2D eigenvalue weighted by Crippen LogP contribution is 2.20. The standard InChI is InChI=1S/C22H21ClN2O3S/c1-15-3-4-16(2)17(13-15)14-22(26)24-19-9-11-21(12-10-19)29(27,28)25-20-7-5-18(23)6-8-20/h3-13,25H,14H2,1-2H3,(H,24,26). The summed E-state index contributed by atoms with van der Waals surface area (Å²) >= 11 is 5.81.